The number of nitrogens with zero attached hydrogens (tertiary/aromatic N) is 3. The van der Waals surface area contributed by atoms with Crippen LogP contribution in [0.25, 0.3) is 0 Å². The van der Waals surface area contributed by atoms with Crippen LogP contribution < -0.4 is 5.32 Å². The van der Waals surface area contributed by atoms with Gasteiger partial charge in [0, 0.05) is 31.9 Å². The molecule has 0 aliphatic heterocycles. The van der Waals surface area contributed by atoms with E-state index in [4.69, 9.17) is 0 Å². The van der Waals surface area contributed by atoms with Crippen LogP contribution in [0.15, 0.2) is 29.0 Å². The third-order valence-corrected chi connectivity index (χ3v) is 4.42. The molecule has 4 nitrogen and oxygen atoms in total. The number of hydrogen-bond donors (Lipinski definition) is 1. The summed E-state index contributed by atoms with van der Waals surface area (Å²) in [5.41, 5.74) is 3.45. The second kappa shape index (κ2) is 6.99. The SMILES string of the molecule is CCCNC(Cc1c(Br)c(C)nn1C)c1cccnc1. The minimum Gasteiger partial charge on any atom is -0.310 e. The first-order valence-corrected chi connectivity index (χ1v) is 7.74. The zero-order valence-corrected chi connectivity index (χ0v) is 13.8. The summed E-state index contributed by atoms with van der Waals surface area (Å²) < 4.78 is 3.06. The van der Waals surface area contributed by atoms with Crippen molar-refractivity contribution in [3.63, 3.8) is 0 Å². The zero-order chi connectivity index (χ0) is 14.5. The summed E-state index contributed by atoms with van der Waals surface area (Å²) in [5.74, 6) is 0. The van der Waals surface area contributed by atoms with Crippen molar-refractivity contribution < 1.29 is 0 Å². The van der Waals surface area contributed by atoms with E-state index in [0.717, 1.165) is 29.6 Å². The third kappa shape index (κ3) is 3.46. The molecule has 2 heterocycles. The van der Waals surface area contributed by atoms with E-state index in [1.807, 2.05) is 37.1 Å². The highest BCUT2D eigenvalue weighted by Crippen LogP contribution is 2.25. The first kappa shape index (κ1) is 15.2. The third-order valence-electron chi connectivity index (χ3n) is 3.39. The van der Waals surface area contributed by atoms with E-state index in [-0.39, 0.29) is 6.04 Å². The lowest BCUT2D eigenvalue weighted by atomic mass is 10.0. The molecule has 0 amide bonds. The number of rotatable bonds is 6. The summed E-state index contributed by atoms with van der Waals surface area (Å²) in [7, 11) is 1.99. The number of halogens is 1. The van der Waals surface area contributed by atoms with Crippen molar-refractivity contribution in [1.29, 1.82) is 0 Å². The molecule has 2 aromatic heterocycles. The van der Waals surface area contributed by atoms with Gasteiger partial charge in [0.2, 0.25) is 0 Å². The summed E-state index contributed by atoms with van der Waals surface area (Å²) in [6, 6.07) is 4.37. The molecular weight excluding hydrogens is 316 g/mol. The number of nitrogens with one attached hydrogen (secondary N) is 1. The summed E-state index contributed by atoms with van der Waals surface area (Å²) in [6.07, 6.45) is 5.75. The highest BCUT2D eigenvalue weighted by atomic mass is 79.9. The van der Waals surface area contributed by atoms with Gasteiger partial charge in [-0.1, -0.05) is 13.0 Å². The van der Waals surface area contributed by atoms with Gasteiger partial charge in [-0.05, 0) is 47.4 Å². The van der Waals surface area contributed by atoms with Crippen molar-refractivity contribution in [2.24, 2.45) is 7.05 Å². The molecule has 5 heteroatoms. The number of aryl methyl sites for hydroxylation is 2. The van der Waals surface area contributed by atoms with E-state index < -0.39 is 0 Å². The lowest BCUT2D eigenvalue weighted by molar-refractivity contribution is 0.510. The lowest BCUT2D eigenvalue weighted by Crippen LogP contribution is -2.25. The highest BCUT2D eigenvalue weighted by Gasteiger charge is 2.17. The molecule has 0 spiro atoms. The van der Waals surface area contributed by atoms with Gasteiger partial charge in [-0.3, -0.25) is 9.67 Å². The van der Waals surface area contributed by atoms with Gasteiger partial charge in [-0.15, -0.1) is 0 Å². The summed E-state index contributed by atoms with van der Waals surface area (Å²) in [5, 5.41) is 8.06. The van der Waals surface area contributed by atoms with Crippen LogP contribution in [0.3, 0.4) is 0 Å². The fourth-order valence-corrected chi connectivity index (χ4v) is 2.80. The van der Waals surface area contributed by atoms with Crippen LogP contribution in [0.5, 0.6) is 0 Å². The van der Waals surface area contributed by atoms with Crippen LogP contribution in [0, 0.1) is 6.92 Å². The molecule has 20 heavy (non-hydrogen) atoms. The fourth-order valence-electron chi connectivity index (χ4n) is 2.30. The molecule has 0 saturated heterocycles. The minimum absolute atomic E-state index is 0.259. The molecular formula is C15H21BrN4. The van der Waals surface area contributed by atoms with Crippen LogP contribution in [-0.4, -0.2) is 21.3 Å². The maximum atomic E-state index is 4.46. The number of pyridine rings is 1. The predicted octanol–water partition coefficient (Wildman–Crippen LogP) is 3.17. The molecule has 0 bridgehead atoms. The normalized spacial score (nSPS) is 12.6. The van der Waals surface area contributed by atoms with Gasteiger partial charge in [0.05, 0.1) is 15.9 Å². The maximum absolute atomic E-state index is 4.46. The standard InChI is InChI=1S/C15H21BrN4/c1-4-7-18-13(12-6-5-8-17-10-12)9-14-15(16)11(2)19-20(14)3/h5-6,8,10,13,18H,4,7,9H2,1-3H3. The van der Waals surface area contributed by atoms with Crippen molar-refractivity contribution >= 4 is 15.9 Å². The van der Waals surface area contributed by atoms with Gasteiger partial charge in [0.25, 0.3) is 0 Å². The van der Waals surface area contributed by atoms with Crippen molar-refractivity contribution in [1.82, 2.24) is 20.1 Å². The van der Waals surface area contributed by atoms with Gasteiger partial charge in [0.15, 0.2) is 0 Å². The largest absolute Gasteiger partial charge is 0.310 e. The Morgan fingerprint density at radius 2 is 2.25 bits per heavy atom. The molecule has 0 fully saturated rings. The Bertz CT molecular complexity index is 551. The van der Waals surface area contributed by atoms with E-state index in [2.05, 4.69) is 44.3 Å². The molecule has 0 aromatic carbocycles. The average molecular weight is 337 g/mol. The van der Waals surface area contributed by atoms with Crippen LogP contribution in [0.4, 0.5) is 0 Å². The molecule has 0 radical (unpaired) electrons. The van der Waals surface area contributed by atoms with E-state index in [0.29, 0.717) is 0 Å². The second-order valence-electron chi connectivity index (χ2n) is 4.97. The molecule has 1 atom stereocenters. The molecule has 108 valence electrons. The van der Waals surface area contributed by atoms with Crippen LogP contribution in [0.2, 0.25) is 0 Å². The van der Waals surface area contributed by atoms with Crippen molar-refractivity contribution in [3.05, 3.63) is 46.0 Å². The maximum Gasteiger partial charge on any atom is 0.0738 e. The first-order chi connectivity index (χ1) is 9.63. The molecule has 2 rings (SSSR count). The Labute approximate surface area is 128 Å². The van der Waals surface area contributed by atoms with Gasteiger partial charge in [0.1, 0.15) is 0 Å². The molecule has 0 aliphatic carbocycles. The van der Waals surface area contributed by atoms with Crippen LogP contribution >= 0.6 is 15.9 Å². The minimum atomic E-state index is 0.259. The summed E-state index contributed by atoms with van der Waals surface area (Å²) in [6.45, 7) is 5.19. The van der Waals surface area contributed by atoms with E-state index in [1.54, 1.807) is 0 Å². The van der Waals surface area contributed by atoms with Crippen molar-refractivity contribution in [3.8, 4) is 0 Å². The van der Waals surface area contributed by atoms with Gasteiger partial charge in [-0.25, -0.2) is 0 Å². The van der Waals surface area contributed by atoms with Crippen molar-refractivity contribution in [2.45, 2.75) is 32.7 Å². The Hall–Kier alpha value is -1.20. The van der Waals surface area contributed by atoms with E-state index >= 15 is 0 Å². The first-order valence-electron chi connectivity index (χ1n) is 6.94. The molecule has 1 N–H and O–H groups in total. The quantitative estimate of drug-likeness (QED) is 0.880. The van der Waals surface area contributed by atoms with E-state index in [9.17, 15) is 0 Å². The van der Waals surface area contributed by atoms with Gasteiger partial charge >= 0.3 is 0 Å². The predicted molar refractivity (Wildman–Crippen MR) is 84.6 cm³/mol. The van der Waals surface area contributed by atoms with Crippen molar-refractivity contribution in [2.75, 3.05) is 6.54 Å². The monoisotopic (exact) mass is 336 g/mol. The average Bonchev–Trinajstić information content (AvgIpc) is 2.70. The van der Waals surface area contributed by atoms with Crippen LogP contribution in [-0.2, 0) is 13.5 Å². The summed E-state index contributed by atoms with van der Waals surface area (Å²) >= 11 is 3.64. The Balaban J connectivity index is 2.24. The summed E-state index contributed by atoms with van der Waals surface area (Å²) in [4.78, 5) is 4.23. The Kier molecular flexibility index (Phi) is 5.31. The highest BCUT2D eigenvalue weighted by molar-refractivity contribution is 9.10. The van der Waals surface area contributed by atoms with Gasteiger partial charge in [-0.2, -0.15) is 5.10 Å². The molecule has 0 aliphatic rings. The lowest BCUT2D eigenvalue weighted by Gasteiger charge is -2.19. The van der Waals surface area contributed by atoms with E-state index in [1.165, 1.54) is 11.3 Å². The number of hydrogen-bond acceptors (Lipinski definition) is 3. The second-order valence-corrected chi connectivity index (χ2v) is 5.76. The number of aromatic nitrogens is 3. The van der Waals surface area contributed by atoms with Gasteiger partial charge < -0.3 is 5.32 Å². The topological polar surface area (TPSA) is 42.7 Å². The molecule has 2 aromatic rings. The fraction of sp³-hybridized carbons (Fsp3) is 0.467. The Morgan fingerprint density at radius 3 is 2.80 bits per heavy atom. The van der Waals surface area contributed by atoms with Crippen LogP contribution in [0.1, 0.15) is 36.3 Å². The zero-order valence-electron chi connectivity index (χ0n) is 12.2. The molecule has 0 saturated carbocycles. The molecule has 1 unspecified atom stereocenters. The smallest absolute Gasteiger partial charge is 0.0738 e. The Morgan fingerprint density at radius 1 is 1.45 bits per heavy atom.